The predicted molar refractivity (Wildman–Crippen MR) is 122 cm³/mol. The Morgan fingerprint density at radius 3 is 2.41 bits per heavy atom. The van der Waals surface area contributed by atoms with Crippen LogP contribution in [0.15, 0.2) is 46.8 Å². The lowest BCUT2D eigenvalue weighted by atomic mass is 10.2. The number of amides is 1. The summed E-state index contributed by atoms with van der Waals surface area (Å²) in [5.41, 5.74) is 1.04. The number of anilines is 1. The number of halogens is 1. The fraction of sp³-hybridized carbons (Fsp3) is 0.250. The summed E-state index contributed by atoms with van der Waals surface area (Å²) < 4.78 is 38.5. The van der Waals surface area contributed by atoms with E-state index in [2.05, 4.69) is 20.2 Å². The van der Waals surface area contributed by atoms with Crippen molar-refractivity contribution in [3.05, 3.63) is 58.6 Å². The first-order chi connectivity index (χ1) is 15.3. The van der Waals surface area contributed by atoms with E-state index in [1.807, 2.05) is 13.8 Å². The van der Waals surface area contributed by atoms with Crippen LogP contribution in [0, 0.1) is 0 Å². The first kappa shape index (κ1) is 23.9. The van der Waals surface area contributed by atoms with Gasteiger partial charge in [-0.2, -0.15) is 0 Å². The summed E-state index contributed by atoms with van der Waals surface area (Å²) in [6, 6.07) is 11.4. The van der Waals surface area contributed by atoms with Gasteiger partial charge in [-0.25, -0.2) is 13.1 Å². The second kappa shape index (κ2) is 10.7. The summed E-state index contributed by atoms with van der Waals surface area (Å²) in [4.78, 5) is 12.3. The molecule has 1 aromatic heterocycles. The van der Waals surface area contributed by atoms with Crippen LogP contribution in [-0.4, -0.2) is 37.7 Å². The highest BCUT2D eigenvalue weighted by molar-refractivity contribution is 7.91. The normalized spacial score (nSPS) is 11.2. The van der Waals surface area contributed by atoms with Gasteiger partial charge in [0.05, 0.1) is 13.2 Å². The molecule has 0 saturated carbocycles. The van der Waals surface area contributed by atoms with Crippen molar-refractivity contribution < 1.29 is 22.7 Å². The van der Waals surface area contributed by atoms with Crippen molar-refractivity contribution in [2.75, 3.05) is 18.5 Å². The number of nitrogens with zero attached hydrogens (tertiary/aromatic N) is 2. The zero-order valence-corrected chi connectivity index (χ0v) is 19.7. The highest BCUT2D eigenvalue weighted by Crippen LogP contribution is 2.29. The minimum absolute atomic E-state index is 0.0147. The largest absolute Gasteiger partial charge is 0.490 e. The second-order valence-corrected chi connectivity index (χ2v) is 9.66. The number of rotatable bonds is 10. The number of sulfonamides is 1. The van der Waals surface area contributed by atoms with Crippen LogP contribution in [0.3, 0.4) is 0 Å². The van der Waals surface area contributed by atoms with E-state index in [1.54, 1.807) is 42.5 Å². The lowest BCUT2D eigenvalue weighted by molar-refractivity contribution is 0.102. The molecule has 9 nitrogen and oxygen atoms in total. The van der Waals surface area contributed by atoms with Gasteiger partial charge in [0.2, 0.25) is 9.47 Å². The standard InChI is InChI=1S/C20H21ClN4O5S2/c1-3-29-16-10-5-13(11-17(16)30-4-2)12-22-32(27,28)20-25-24-19(31-20)23-18(26)14-6-8-15(21)9-7-14/h5-11,22H,3-4,12H2,1-2H3,(H,23,24,26). The molecular weight excluding hydrogens is 476 g/mol. The van der Waals surface area contributed by atoms with Gasteiger partial charge in [0.1, 0.15) is 0 Å². The van der Waals surface area contributed by atoms with E-state index in [4.69, 9.17) is 21.1 Å². The molecule has 0 atom stereocenters. The van der Waals surface area contributed by atoms with Gasteiger partial charge >= 0.3 is 0 Å². The van der Waals surface area contributed by atoms with Crippen molar-refractivity contribution in [3.63, 3.8) is 0 Å². The third kappa shape index (κ3) is 6.16. The molecule has 0 radical (unpaired) electrons. The van der Waals surface area contributed by atoms with Gasteiger partial charge in [-0.15, -0.1) is 10.2 Å². The molecule has 0 spiro atoms. The summed E-state index contributed by atoms with van der Waals surface area (Å²) in [6.07, 6.45) is 0. The number of aromatic nitrogens is 2. The summed E-state index contributed by atoms with van der Waals surface area (Å²) in [7, 11) is -3.94. The summed E-state index contributed by atoms with van der Waals surface area (Å²) in [6.45, 7) is 4.67. The van der Waals surface area contributed by atoms with E-state index >= 15 is 0 Å². The van der Waals surface area contributed by atoms with Gasteiger partial charge in [0.25, 0.3) is 15.9 Å². The average molecular weight is 497 g/mol. The van der Waals surface area contributed by atoms with Crippen molar-refractivity contribution in [2.24, 2.45) is 0 Å². The van der Waals surface area contributed by atoms with E-state index in [1.165, 1.54) is 0 Å². The molecule has 2 aromatic carbocycles. The van der Waals surface area contributed by atoms with Crippen molar-refractivity contribution in [1.29, 1.82) is 0 Å². The fourth-order valence-corrected chi connectivity index (χ4v) is 4.66. The van der Waals surface area contributed by atoms with Crippen LogP contribution in [0.1, 0.15) is 29.8 Å². The number of carbonyl (C=O) groups is 1. The number of carbonyl (C=O) groups excluding carboxylic acids is 1. The first-order valence-electron chi connectivity index (χ1n) is 9.61. The van der Waals surface area contributed by atoms with E-state index < -0.39 is 15.9 Å². The maximum atomic E-state index is 12.6. The molecule has 0 aliphatic rings. The monoisotopic (exact) mass is 496 g/mol. The maximum Gasteiger partial charge on any atom is 0.270 e. The Bertz CT molecular complexity index is 1180. The van der Waals surface area contributed by atoms with Gasteiger partial charge < -0.3 is 9.47 Å². The molecule has 2 N–H and O–H groups in total. The SMILES string of the molecule is CCOc1ccc(CNS(=O)(=O)c2nnc(NC(=O)c3ccc(Cl)cc3)s2)cc1OCC. The summed E-state index contributed by atoms with van der Waals surface area (Å²) in [5.74, 6) is 0.674. The summed E-state index contributed by atoms with van der Waals surface area (Å²) >= 11 is 6.56. The number of hydrogen-bond acceptors (Lipinski definition) is 8. The van der Waals surface area contributed by atoms with Gasteiger partial charge in [0.15, 0.2) is 11.5 Å². The molecule has 32 heavy (non-hydrogen) atoms. The lowest BCUT2D eigenvalue weighted by Gasteiger charge is -2.12. The van der Waals surface area contributed by atoms with Gasteiger partial charge in [-0.05, 0) is 55.8 Å². The quantitative estimate of drug-likeness (QED) is 0.410. The Hall–Kier alpha value is -2.73. The van der Waals surface area contributed by atoms with Crippen LogP contribution in [0.25, 0.3) is 0 Å². The van der Waals surface area contributed by atoms with Crippen LogP contribution in [0.2, 0.25) is 5.02 Å². The second-order valence-electron chi connectivity index (χ2n) is 6.31. The Labute approximate surface area is 194 Å². The molecule has 0 unspecified atom stereocenters. The molecule has 0 bridgehead atoms. The van der Waals surface area contributed by atoms with Crippen LogP contribution < -0.4 is 19.5 Å². The molecule has 0 aliphatic carbocycles. The summed E-state index contributed by atoms with van der Waals surface area (Å²) in [5, 5.41) is 10.5. The molecule has 3 aromatic rings. The number of ether oxygens (including phenoxy) is 2. The van der Waals surface area contributed by atoms with E-state index in [9.17, 15) is 13.2 Å². The molecule has 170 valence electrons. The van der Waals surface area contributed by atoms with Gasteiger partial charge in [-0.3, -0.25) is 10.1 Å². The zero-order chi connectivity index (χ0) is 23.1. The van der Waals surface area contributed by atoms with Crippen molar-refractivity contribution in [3.8, 4) is 11.5 Å². The van der Waals surface area contributed by atoms with Gasteiger partial charge in [-0.1, -0.05) is 29.0 Å². The smallest absolute Gasteiger partial charge is 0.270 e. The highest BCUT2D eigenvalue weighted by Gasteiger charge is 2.21. The minimum atomic E-state index is -3.94. The van der Waals surface area contributed by atoms with Crippen molar-refractivity contribution >= 4 is 44.0 Å². The van der Waals surface area contributed by atoms with E-state index in [0.717, 1.165) is 11.3 Å². The Kier molecular flexibility index (Phi) is 8.02. The van der Waals surface area contributed by atoms with Crippen molar-refractivity contribution in [1.82, 2.24) is 14.9 Å². The number of hydrogen-bond donors (Lipinski definition) is 2. The fourth-order valence-electron chi connectivity index (χ4n) is 2.58. The van der Waals surface area contributed by atoms with Gasteiger partial charge in [0, 0.05) is 17.1 Å². The molecule has 3 rings (SSSR count). The number of nitrogens with one attached hydrogen (secondary N) is 2. The molecule has 12 heteroatoms. The average Bonchev–Trinajstić information content (AvgIpc) is 3.24. The topological polar surface area (TPSA) is 120 Å². The molecule has 0 fully saturated rings. The lowest BCUT2D eigenvalue weighted by Crippen LogP contribution is -2.23. The highest BCUT2D eigenvalue weighted by atomic mass is 35.5. The predicted octanol–water partition coefficient (Wildman–Crippen LogP) is 3.72. The third-order valence-electron chi connectivity index (χ3n) is 4.04. The first-order valence-corrected chi connectivity index (χ1v) is 12.3. The van der Waals surface area contributed by atoms with Crippen LogP contribution in [0.4, 0.5) is 5.13 Å². The third-order valence-corrected chi connectivity index (χ3v) is 6.90. The Morgan fingerprint density at radius 1 is 1.03 bits per heavy atom. The number of benzene rings is 2. The minimum Gasteiger partial charge on any atom is -0.490 e. The van der Waals surface area contributed by atoms with E-state index in [0.29, 0.717) is 40.9 Å². The molecule has 1 amide bonds. The van der Waals surface area contributed by atoms with Crippen LogP contribution in [0.5, 0.6) is 11.5 Å². The van der Waals surface area contributed by atoms with Crippen molar-refractivity contribution in [2.45, 2.75) is 24.7 Å². The molecule has 0 aliphatic heterocycles. The zero-order valence-electron chi connectivity index (χ0n) is 17.3. The van der Waals surface area contributed by atoms with Crippen LogP contribution >= 0.6 is 22.9 Å². The molecule has 1 heterocycles. The Balaban J connectivity index is 1.66. The maximum absolute atomic E-state index is 12.6. The van der Waals surface area contributed by atoms with E-state index in [-0.39, 0.29) is 16.0 Å². The Morgan fingerprint density at radius 2 is 1.72 bits per heavy atom. The van der Waals surface area contributed by atoms with Crippen LogP contribution in [-0.2, 0) is 16.6 Å². The molecular formula is C20H21ClN4O5S2. The molecule has 0 saturated heterocycles.